The number of hydrogen-bond donors (Lipinski definition) is 0. The van der Waals surface area contributed by atoms with Crippen molar-refractivity contribution in [2.45, 2.75) is 55.4 Å². The molecule has 4 aromatic rings. The average Bonchev–Trinajstić information content (AvgIpc) is 3.45. The number of fused-ring (bicyclic) bond motifs is 6. The maximum absolute atomic E-state index is 3.35. The van der Waals surface area contributed by atoms with Gasteiger partial charge in [-0.2, -0.15) is 0 Å². The monoisotopic (exact) mass is 580 g/mol. The van der Waals surface area contributed by atoms with Crippen LogP contribution in [0.1, 0.15) is 54.9 Å². The summed E-state index contributed by atoms with van der Waals surface area (Å²) in [5.74, 6) is 0. The van der Waals surface area contributed by atoms with E-state index in [1.807, 2.05) is 0 Å². The third-order valence-electron chi connectivity index (χ3n) is 8.98. The van der Waals surface area contributed by atoms with Gasteiger partial charge in [-0.1, -0.05) is 0 Å². The molecule has 192 valence electrons. The molecule has 0 bridgehead atoms. The van der Waals surface area contributed by atoms with E-state index in [2.05, 4.69) is 105 Å². The van der Waals surface area contributed by atoms with Crippen LogP contribution in [0.3, 0.4) is 0 Å². The van der Waals surface area contributed by atoms with Crippen molar-refractivity contribution in [2.75, 3.05) is 0 Å². The van der Waals surface area contributed by atoms with Gasteiger partial charge in [0.15, 0.2) is 0 Å². The normalized spacial score (nSPS) is 13.1. The van der Waals surface area contributed by atoms with Crippen LogP contribution in [-0.2, 0) is 26.9 Å². The van der Waals surface area contributed by atoms with E-state index in [9.17, 15) is 0 Å². The van der Waals surface area contributed by atoms with Gasteiger partial charge in [-0.3, -0.25) is 0 Å². The minimum absolute atomic E-state index is 0. The minimum Gasteiger partial charge on any atom is -0.147 e. The Kier molecular flexibility index (Phi) is 8.34. The number of benzene rings is 4. The van der Waals surface area contributed by atoms with Crippen molar-refractivity contribution < 1.29 is 14.0 Å². The Morgan fingerprint density at radius 3 is 1.54 bits per heavy atom. The molecule has 0 nitrogen and oxygen atoms in total. The van der Waals surface area contributed by atoms with Gasteiger partial charge in [0.1, 0.15) is 0 Å². The third kappa shape index (κ3) is 4.62. The summed E-state index contributed by atoms with van der Waals surface area (Å²) in [6, 6.07) is 32.7. The summed E-state index contributed by atoms with van der Waals surface area (Å²) < 4.78 is 4.83. The zero-order valence-electron chi connectivity index (χ0n) is 22.1. The van der Waals surface area contributed by atoms with E-state index >= 15 is 0 Å². The fourth-order valence-corrected chi connectivity index (χ4v) is 19.3. The van der Waals surface area contributed by atoms with E-state index in [0.717, 1.165) is 12.8 Å². The maximum atomic E-state index is 2.76. The predicted molar refractivity (Wildman–Crippen MR) is 166 cm³/mol. The van der Waals surface area contributed by atoms with Crippen LogP contribution in [0.25, 0.3) is 22.3 Å². The molecule has 0 atom stereocenters. The quantitative estimate of drug-likeness (QED) is 0.133. The standard InChI is InChI=1S/2C13H9.C6H13.CH3.2ClH.H2Si.Ti/c2*1-3-7-12-10(5-1)9-11-6-2-4-8-13(11)12;1-3-5-6-4-2;;;;;/h2*1-5,7-8H,9H2;1,3-6H2,2H3;1H3;2*1H;1H2;. The Hall–Kier alpha value is -1.61. The van der Waals surface area contributed by atoms with Crippen LogP contribution in [0.2, 0.25) is 9.95 Å². The second-order valence-electron chi connectivity index (χ2n) is 11.4. The summed E-state index contributed by atoms with van der Waals surface area (Å²) in [4.78, 5) is 0. The number of rotatable bonds is 7. The van der Waals surface area contributed by atoms with E-state index < -0.39 is 14.0 Å². The molecule has 2 aliphatic carbocycles. The molecule has 0 unspecified atom stereocenters. The summed E-state index contributed by atoms with van der Waals surface area (Å²) in [7, 11) is 2.45. The van der Waals surface area contributed by atoms with Gasteiger partial charge in [-0.15, -0.1) is 24.8 Å². The maximum Gasteiger partial charge on any atom is -0.147 e. The summed E-state index contributed by atoms with van der Waals surface area (Å²) in [6.07, 6.45) is 7.53. The van der Waals surface area contributed by atoms with Gasteiger partial charge in [-0.25, -0.2) is 0 Å². The molecule has 0 spiro atoms. The molecule has 37 heavy (non-hydrogen) atoms. The van der Waals surface area contributed by atoms with E-state index in [0.29, 0.717) is 0 Å². The fraction of sp³-hybridized carbons (Fsp3) is 0.273. The van der Waals surface area contributed by atoms with Crippen molar-refractivity contribution >= 4 is 40.2 Å². The van der Waals surface area contributed by atoms with Crippen LogP contribution >= 0.6 is 24.8 Å². The molecule has 0 radical (unpaired) electrons. The first-order chi connectivity index (χ1) is 17.0. The summed E-state index contributed by atoms with van der Waals surface area (Å²) >= 11 is -3.35. The molecule has 4 aromatic carbocycles. The second-order valence-corrected chi connectivity index (χ2v) is 28.9. The second kappa shape index (κ2) is 10.9. The first-order valence-electron chi connectivity index (χ1n) is 13.5. The third-order valence-corrected chi connectivity index (χ3v) is 22.6. The van der Waals surface area contributed by atoms with Crippen molar-refractivity contribution in [3.8, 4) is 22.3 Å². The van der Waals surface area contributed by atoms with Gasteiger partial charge in [0.2, 0.25) is 0 Å². The molecule has 0 aliphatic heterocycles. The summed E-state index contributed by atoms with van der Waals surface area (Å²) in [5, 5.41) is 2.76. The van der Waals surface area contributed by atoms with Crippen molar-refractivity contribution in [1.82, 2.24) is 0 Å². The Morgan fingerprint density at radius 2 is 1.05 bits per heavy atom. The topological polar surface area (TPSA) is 0 Å². The Morgan fingerprint density at radius 1 is 0.595 bits per heavy atom. The Balaban J connectivity index is 0.00000160. The van der Waals surface area contributed by atoms with Gasteiger partial charge < -0.3 is 0 Å². The summed E-state index contributed by atoms with van der Waals surface area (Å²) in [6.45, 7) is 2.33. The summed E-state index contributed by atoms with van der Waals surface area (Å²) in [5.41, 5.74) is 12.2. The molecule has 6 rings (SSSR count). The van der Waals surface area contributed by atoms with Crippen LogP contribution < -0.4 is 7.74 Å². The zero-order valence-corrected chi connectivity index (χ0v) is 26.7. The van der Waals surface area contributed by atoms with Crippen molar-refractivity contribution in [3.05, 3.63) is 107 Å². The van der Waals surface area contributed by atoms with E-state index in [1.165, 1.54) is 63.8 Å². The van der Waals surface area contributed by atoms with Crippen LogP contribution in [0, 0.1) is 0 Å². The molecule has 0 saturated carbocycles. The van der Waals surface area contributed by atoms with Crippen LogP contribution in [0.15, 0.2) is 84.9 Å². The Bertz CT molecular complexity index is 1420. The average molecular weight is 582 g/mol. The number of halogens is 2. The van der Waals surface area contributed by atoms with Crippen molar-refractivity contribution in [3.63, 3.8) is 0 Å². The molecule has 2 aliphatic rings. The fourth-order valence-electron chi connectivity index (χ4n) is 7.12. The first-order valence-corrected chi connectivity index (χ1v) is 21.7. The van der Waals surface area contributed by atoms with Gasteiger partial charge in [0, 0.05) is 0 Å². The minimum atomic E-state index is -3.35. The first kappa shape index (κ1) is 28.4. The molecule has 0 N–H and O–H groups in total. The van der Waals surface area contributed by atoms with Crippen LogP contribution in [0.4, 0.5) is 0 Å². The van der Waals surface area contributed by atoms with Crippen LogP contribution in [0.5, 0.6) is 0 Å². The Labute approximate surface area is 237 Å². The van der Waals surface area contributed by atoms with E-state index in [4.69, 9.17) is 0 Å². The van der Waals surface area contributed by atoms with E-state index in [-0.39, 0.29) is 24.8 Å². The van der Waals surface area contributed by atoms with E-state index in [1.54, 1.807) is 18.9 Å². The zero-order chi connectivity index (χ0) is 24.1. The van der Waals surface area contributed by atoms with Crippen molar-refractivity contribution in [2.24, 2.45) is 0 Å². The van der Waals surface area contributed by atoms with Crippen molar-refractivity contribution in [1.29, 1.82) is 0 Å². The number of unbranched alkanes of at least 4 members (excludes halogenated alkanes) is 3. The van der Waals surface area contributed by atoms with Gasteiger partial charge in [-0.05, 0) is 0 Å². The predicted octanol–water partition coefficient (Wildman–Crippen LogP) is 7.91. The van der Waals surface area contributed by atoms with Crippen LogP contribution in [-0.4, -0.2) is 7.63 Å². The molecule has 0 fully saturated rings. The molecule has 0 amide bonds. The molecule has 4 heteroatoms. The molecular formula is C33H38Cl2SiTi. The molecular weight excluding hydrogens is 543 g/mol. The SMILES string of the molecule is CCCCC[CH2][Ti]([CH3])(=[SiH2])([c]1cccc2c1Cc1ccccc1-2)[c]1cccc2c1Cc1ccccc1-2.Cl.Cl. The van der Waals surface area contributed by atoms with Gasteiger partial charge in [0.05, 0.1) is 0 Å². The molecule has 0 saturated heterocycles. The largest absolute Gasteiger partial charge is 0.147 e. The number of hydrogen-bond acceptors (Lipinski definition) is 0. The smallest absolute Gasteiger partial charge is 0.147 e. The molecule has 0 aromatic heterocycles. The molecule has 0 heterocycles. The van der Waals surface area contributed by atoms with Gasteiger partial charge in [0.25, 0.3) is 0 Å². The van der Waals surface area contributed by atoms with Gasteiger partial charge >= 0.3 is 214 Å².